The SMILES string of the molecule is CC[C@H](C)[C@H](NC(=O)CNC(=O)[C@H](CCCCN)NC(=O)[C@H](CCCCN)NC(=O)[C@H](Cc1ccccc1)NC(=O)[C@H](CC(C)C)NC(=O)[C@H](CCCCN)NC(=O)[C@H](Cc1c[nH]c2ccccc12)NC(=O)[C@@H](N)CCCCN)C(=O)NCC(=O)N[C@@H](C)C(=O)N[C@H](C(=O)N[C@@H](CC(C)C)C(=O)N[C@@H](CCCCN)C(=O)N[C@H](C(=O)O)C(C)C)C(C)C. The van der Waals surface area contributed by atoms with Crippen molar-refractivity contribution in [3.8, 4) is 0 Å². The molecule has 37 heteroatoms. The van der Waals surface area contributed by atoms with Gasteiger partial charge in [-0.3, -0.25) is 67.1 Å². The van der Waals surface area contributed by atoms with Crippen LogP contribution in [0.5, 0.6) is 0 Å². The molecule has 0 spiro atoms. The first-order chi connectivity index (χ1) is 57.9. The van der Waals surface area contributed by atoms with Gasteiger partial charge in [-0.05, 0) is 189 Å². The predicted molar refractivity (Wildman–Crippen MR) is 465 cm³/mol. The van der Waals surface area contributed by atoms with Crippen molar-refractivity contribution in [3.05, 3.63) is 71.9 Å². The molecule has 0 fully saturated rings. The number of carboxylic acids is 1. The number of nitrogens with two attached hydrogens (primary N) is 6. The van der Waals surface area contributed by atoms with Crippen molar-refractivity contribution in [1.29, 1.82) is 0 Å². The first-order valence-corrected chi connectivity index (χ1v) is 43.2. The standard InChI is InChI=1S/C85H143N21O16/c1-12-53(10)72(83(119)94-47-68(107)95-54(11)73(109)105-70(51(6)7)84(120)103-65(43-50(4)5)79(115)99-63(36-22-27-41-90)78(114)106-71(52(8)9)85(121)122)104-69(108)48-93-75(111)60(33-19-24-38-87)96-76(112)61(34-20-25-39-88)97-81(117)66(44-55-28-14-13-15-29-55)102-80(116)64(42-49(2)3)101-77(113)62(35-21-26-40-89)98-82(118)67(100-74(110)58(91)31-18-23-37-86)45-56-46-92-59-32-17-16-30-57(56)59/h13-17,28-30,32,46,49-54,58,60-67,70-72,92H,12,18-27,31,33-45,47-48,86-91H2,1-11H3,(H,93,111)(H,94,119)(H,95,107)(H,96,112)(H,97,117)(H,98,118)(H,99,115)(H,100,110)(H,101,113)(H,102,116)(H,103,120)(H,104,108)(H,105,109)(H,106,114)(H,121,122)/t53-,54-,58-,60-,61-,62-,63-,64-,65-,66-,67-,70-,71-,72-/m0/s1. The van der Waals surface area contributed by atoms with E-state index in [0.717, 1.165) is 10.9 Å². The Morgan fingerprint density at radius 3 is 1.18 bits per heavy atom. The molecule has 0 saturated carbocycles. The highest BCUT2D eigenvalue weighted by molar-refractivity contribution is 6.00. The molecule has 28 N–H and O–H groups in total. The summed E-state index contributed by atoms with van der Waals surface area (Å²) in [5.41, 5.74) is 37.5. The molecular weight excluding hydrogens is 1570 g/mol. The third-order valence-corrected chi connectivity index (χ3v) is 20.9. The van der Waals surface area contributed by atoms with Crippen LogP contribution in [0.3, 0.4) is 0 Å². The lowest BCUT2D eigenvalue weighted by molar-refractivity contribution is -0.143. The highest BCUT2D eigenvalue weighted by atomic mass is 16.4. The molecule has 1 heterocycles. The highest BCUT2D eigenvalue weighted by Gasteiger charge is 2.38. The number of benzene rings is 2. The average molecular weight is 1720 g/mol. The van der Waals surface area contributed by atoms with Gasteiger partial charge in [-0.25, -0.2) is 4.79 Å². The van der Waals surface area contributed by atoms with Crippen LogP contribution in [0.4, 0.5) is 0 Å². The Morgan fingerprint density at radius 2 is 0.730 bits per heavy atom. The van der Waals surface area contributed by atoms with E-state index in [1.165, 1.54) is 6.92 Å². The van der Waals surface area contributed by atoms with E-state index in [9.17, 15) is 77.0 Å². The quantitative estimate of drug-likeness (QED) is 0.0318. The van der Waals surface area contributed by atoms with Crippen molar-refractivity contribution in [2.75, 3.05) is 45.8 Å². The minimum Gasteiger partial charge on any atom is -0.480 e. The second kappa shape index (κ2) is 57.2. The zero-order chi connectivity index (χ0) is 91.1. The summed E-state index contributed by atoms with van der Waals surface area (Å²) in [6.07, 6.45) is 7.24. The molecule has 1 aromatic heterocycles. The maximum atomic E-state index is 14.9. The maximum absolute atomic E-state index is 14.9. The predicted octanol–water partition coefficient (Wildman–Crippen LogP) is -0.470. The van der Waals surface area contributed by atoms with Crippen LogP contribution in [0, 0.1) is 29.6 Å². The molecule has 2 aromatic carbocycles. The molecule has 14 atom stereocenters. The molecule has 14 amide bonds. The zero-order valence-corrected chi connectivity index (χ0v) is 73.3. The van der Waals surface area contributed by atoms with Crippen LogP contribution in [0.1, 0.15) is 203 Å². The highest BCUT2D eigenvalue weighted by Crippen LogP contribution is 2.21. The number of H-pyrrole nitrogens is 1. The Labute approximate surface area is 717 Å². The number of aliphatic carboxylic acids is 1. The molecule has 0 radical (unpaired) electrons. The van der Waals surface area contributed by atoms with Crippen LogP contribution < -0.4 is 109 Å². The molecule has 0 bridgehead atoms. The Kier molecular flexibility index (Phi) is 49.7. The summed E-state index contributed by atoms with van der Waals surface area (Å²) < 4.78 is 0. The van der Waals surface area contributed by atoms with E-state index >= 15 is 0 Å². The van der Waals surface area contributed by atoms with Gasteiger partial charge in [-0.2, -0.15) is 0 Å². The number of unbranched alkanes of at least 4 members (excludes halogenated alkanes) is 5. The largest absolute Gasteiger partial charge is 0.480 e. The topological polar surface area (TPSA) is 617 Å². The summed E-state index contributed by atoms with van der Waals surface area (Å²) >= 11 is 0. The number of aromatic nitrogens is 1. The van der Waals surface area contributed by atoms with Gasteiger partial charge < -0.3 is 119 Å². The van der Waals surface area contributed by atoms with Gasteiger partial charge in [0, 0.05) is 29.9 Å². The van der Waals surface area contributed by atoms with E-state index in [1.807, 2.05) is 52.0 Å². The number of carbonyl (C=O) groups is 15. The summed E-state index contributed by atoms with van der Waals surface area (Å²) in [4.78, 5) is 213. The molecule has 3 rings (SSSR count). The molecule has 0 unspecified atom stereocenters. The summed E-state index contributed by atoms with van der Waals surface area (Å²) in [6.45, 7) is 18.7. The fourth-order valence-corrected chi connectivity index (χ4v) is 13.5. The van der Waals surface area contributed by atoms with Gasteiger partial charge >= 0.3 is 5.97 Å². The second-order valence-corrected chi connectivity index (χ2v) is 33.0. The molecule has 0 aliphatic rings. The van der Waals surface area contributed by atoms with E-state index in [2.05, 4.69) is 79.4 Å². The third-order valence-electron chi connectivity index (χ3n) is 20.9. The number of para-hydroxylation sites is 1. The molecule has 0 saturated heterocycles. The Hall–Kier alpha value is -10.2. The summed E-state index contributed by atoms with van der Waals surface area (Å²) in [5.74, 6) is -13.8. The van der Waals surface area contributed by atoms with E-state index in [0.29, 0.717) is 101 Å². The van der Waals surface area contributed by atoms with Crippen LogP contribution in [-0.2, 0) is 84.8 Å². The van der Waals surface area contributed by atoms with E-state index < -0.39 is 198 Å². The van der Waals surface area contributed by atoms with Crippen molar-refractivity contribution in [3.63, 3.8) is 0 Å². The Morgan fingerprint density at radius 1 is 0.361 bits per heavy atom. The van der Waals surface area contributed by atoms with Crippen molar-refractivity contribution in [2.24, 2.45) is 64.0 Å². The lowest BCUT2D eigenvalue weighted by Crippen LogP contribution is -2.60. The lowest BCUT2D eigenvalue weighted by Gasteiger charge is -2.29. The van der Waals surface area contributed by atoms with Gasteiger partial charge in [0.15, 0.2) is 0 Å². The fourth-order valence-electron chi connectivity index (χ4n) is 13.5. The van der Waals surface area contributed by atoms with Gasteiger partial charge in [0.05, 0.1) is 19.1 Å². The Balaban J connectivity index is 1.81. The number of amides is 14. The van der Waals surface area contributed by atoms with Crippen LogP contribution in [-0.4, -0.2) is 223 Å². The second-order valence-electron chi connectivity index (χ2n) is 33.0. The number of hydrogen-bond acceptors (Lipinski definition) is 21. The first-order valence-electron chi connectivity index (χ1n) is 43.2. The smallest absolute Gasteiger partial charge is 0.326 e. The van der Waals surface area contributed by atoms with Gasteiger partial charge in [0.1, 0.15) is 72.5 Å². The monoisotopic (exact) mass is 1710 g/mol. The normalized spacial score (nSPS) is 14.9. The summed E-state index contributed by atoms with van der Waals surface area (Å²) in [7, 11) is 0. The zero-order valence-electron chi connectivity index (χ0n) is 73.3. The van der Waals surface area contributed by atoms with Gasteiger partial charge in [0.2, 0.25) is 82.7 Å². The average Bonchev–Trinajstić information content (AvgIpc) is 1.66. The number of rotatable bonds is 61. The van der Waals surface area contributed by atoms with Crippen LogP contribution in [0.15, 0.2) is 60.8 Å². The number of nitrogens with one attached hydrogen (secondary N) is 15. The minimum absolute atomic E-state index is 0.0133. The third kappa shape index (κ3) is 38.9. The molecule has 0 aliphatic heterocycles. The molecule has 684 valence electrons. The minimum atomic E-state index is -1.39. The fraction of sp³-hybridized carbons (Fsp3) is 0.659. The van der Waals surface area contributed by atoms with Crippen molar-refractivity contribution >= 4 is 99.6 Å². The Bertz CT molecular complexity index is 3810. The number of fused-ring (bicyclic) bond motifs is 1. The molecule has 37 nitrogen and oxygen atoms in total. The molecular formula is C85H143N21O16. The number of hydrogen-bond donors (Lipinski definition) is 22. The molecule has 3 aromatic rings. The number of carbonyl (C=O) groups excluding carboxylic acids is 14. The number of aromatic amines is 1. The molecule has 122 heavy (non-hydrogen) atoms. The van der Waals surface area contributed by atoms with Crippen molar-refractivity contribution < 1.29 is 77.0 Å². The van der Waals surface area contributed by atoms with Gasteiger partial charge in [0.25, 0.3) is 0 Å². The summed E-state index contributed by atoms with van der Waals surface area (Å²) in [6, 6.07) is 0.00958. The van der Waals surface area contributed by atoms with Crippen molar-refractivity contribution in [1.82, 2.24) is 79.4 Å². The molecule has 0 aliphatic carbocycles. The van der Waals surface area contributed by atoms with Crippen LogP contribution >= 0.6 is 0 Å². The lowest BCUT2D eigenvalue weighted by atomic mass is 9.98. The van der Waals surface area contributed by atoms with Crippen molar-refractivity contribution in [2.45, 2.75) is 283 Å². The van der Waals surface area contributed by atoms with E-state index in [4.69, 9.17) is 34.4 Å². The first kappa shape index (κ1) is 106. The summed E-state index contributed by atoms with van der Waals surface area (Å²) in [5, 5.41) is 48.1. The van der Waals surface area contributed by atoms with Gasteiger partial charge in [-0.1, -0.05) is 131 Å². The maximum Gasteiger partial charge on any atom is 0.326 e. The van der Waals surface area contributed by atoms with Crippen LogP contribution in [0.25, 0.3) is 10.9 Å². The van der Waals surface area contributed by atoms with Crippen LogP contribution in [0.2, 0.25) is 0 Å². The van der Waals surface area contributed by atoms with E-state index in [-0.39, 0.29) is 82.8 Å². The van der Waals surface area contributed by atoms with E-state index in [1.54, 1.807) is 78.1 Å². The van der Waals surface area contributed by atoms with Gasteiger partial charge in [-0.15, -0.1) is 0 Å². The number of carboxylic acid groups (broad SMARTS) is 1.